The number of hydrogen-bond acceptors (Lipinski definition) is 6. The Morgan fingerprint density at radius 1 is 0.930 bits per heavy atom. The van der Waals surface area contributed by atoms with Gasteiger partial charge in [-0.15, -0.1) is 0 Å². The molecule has 0 bridgehead atoms. The molecule has 0 radical (unpaired) electrons. The van der Waals surface area contributed by atoms with Crippen molar-refractivity contribution in [1.29, 1.82) is 0 Å². The zero-order valence-electron chi connectivity index (χ0n) is 25.5. The van der Waals surface area contributed by atoms with E-state index in [2.05, 4.69) is 5.32 Å². The lowest BCUT2D eigenvalue weighted by Crippen LogP contribution is -2.50. The van der Waals surface area contributed by atoms with Crippen molar-refractivity contribution >= 4 is 27.5 Å². The molecule has 10 heteroatoms. The molecule has 9 nitrogen and oxygen atoms in total. The Morgan fingerprint density at radius 3 is 2.30 bits per heavy atom. The normalized spacial score (nSPS) is 11.8. The molecule has 0 saturated heterocycles. The van der Waals surface area contributed by atoms with Crippen LogP contribution >= 0.6 is 0 Å². The second kappa shape index (κ2) is 16.6. The van der Waals surface area contributed by atoms with Crippen LogP contribution in [-0.2, 0) is 32.6 Å². The van der Waals surface area contributed by atoms with Crippen LogP contribution in [0.4, 0.5) is 5.69 Å². The summed E-state index contributed by atoms with van der Waals surface area (Å²) in [6.45, 7) is 4.95. The molecule has 3 rings (SSSR count). The molecule has 0 aromatic heterocycles. The number of hydrogen-bond donors (Lipinski definition) is 1. The highest BCUT2D eigenvalue weighted by atomic mass is 32.2. The van der Waals surface area contributed by atoms with E-state index in [9.17, 15) is 18.0 Å². The molecule has 0 aliphatic carbocycles. The van der Waals surface area contributed by atoms with Gasteiger partial charge in [0.05, 0.1) is 25.7 Å². The summed E-state index contributed by atoms with van der Waals surface area (Å²) in [5, 5.41) is 2.97. The lowest BCUT2D eigenvalue weighted by molar-refractivity contribution is -0.141. The predicted octanol–water partition coefficient (Wildman–Crippen LogP) is 4.81. The van der Waals surface area contributed by atoms with Gasteiger partial charge in [-0.2, -0.15) is 0 Å². The van der Waals surface area contributed by atoms with E-state index in [4.69, 9.17) is 9.47 Å². The first kappa shape index (κ1) is 33.5. The molecule has 0 fully saturated rings. The molecule has 0 aliphatic heterocycles. The van der Waals surface area contributed by atoms with E-state index in [0.29, 0.717) is 36.8 Å². The number of rotatable bonds is 17. The van der Waals surface area contributed by atoms with E-state index in [-0.39, 0.29) is 37.7 Å². The average Bonchev–Trinajstić information content (AvgIpc) is 3.00. The van der Waals surface area contributed by atoms with Crippen molar-refractivity contribution in [1.82, 2.24) is 10.2 Å². The van der Waals surface area contributed by atoms with Gasteiger partial charge in [0.25, 0.3) is 0 Å². The summed E-state index contributed by atoms with van der Waals surface area (Å²) < 4.78 is 38.0. The third-order valence-electron chi connectivity index (χ3n) is 6.89. The molecule has 0 aliphatic rings. The minimum atomic E-state index is -3.66. The van der Waals surface area contributed by atoms with Gasteiger partial charge in [-0.05, 0) is 55.2 Å². The van der Waals surface area contributed by atoms with E-state index in [1.54, 1.807) is 36.3 Å². The number of carbonyl (C=O) groups excluding carboxylic acids is 2. The number of methoxy groups -OCH3 is 1. The molecule has 232 valence electrons. The first-order valence-electron chi connectivity index (χ1n) is 14.6. The Kier molecular flexibility index (Phi) is 12.9. The van der Waals surface area contributed by atoms with Gasteiger partial charge >= 0.3 is 0 Å². The number of nitrogens with zero attached hydrogens (tertiary/aromatic N) is 2. The number of benzene rings is 3. The Bertz CT molecular complexity index is 1430. The second-order valence-electron chi connectivity index (χ2n) is 10.2. The van der Waals surface area contributed by atoms with Crippen molar-refractivity contribution in [3.8, 4) is 11.5 Å². The topological polar surface area (TPSA) is 105 Å². The maximum absolute atomic E-state index is 14.0. The summed E-state index contributed by atoms with van der Waals surface area (Å²) in [6, 6.07) is 23.2. The van der Waals surface area contributed by atoms with Gasteiger partial charge in [0.2, 0.25) is 21.8 Å². The van der Waals surface area contributed by atoms with E-state index < -0.39 is 16.1 Å². The van der Waals surface area contributed by atoms with Crippen LogP contribution in [0, 0.1) is 0 Å². The van der Waals surface area contributed by atoms with E-state index in [0.717, 1.165) is 23.8 Å². The third kappa shape index (κ3) is 10.0. The predicted molar refractivity (Wildman–Crippen MR) is 170 cm³/mol. The Morgan fingerprint density at radius 2 is 1.63 bits per heavy atom. The van der Waals surface area contributed by atoms with Crippen LogP contribution in [0.1, 0.15) is 44.2 Å². The van der Waals surface area contributed by atoms with Gasteiger partial charge in [-0.3, -0.25) is 13.9 Å². The van der Waals surface area contributed by atoms with Crippen molar-refractivity contribution in [3.63, 3.8) is 0 Å². The Hall–Kier alpha value is -4.05. The lowest BCUT2D eigenvalue weighted by Gasteiger charge is -2.32. The number of amides is 2. The van der Waals surface area contributed by atoms with Crippen LogP contribution in [0.5, 0.6) is 11.5 Å². The zero-order chi connectivity index (χ0) is 31.2. The summed E-state index contributed by atoms with van der Waals surface area (Å²) in [5.41, 5.74) is 2.17. The number of nitrogens with one attached hydrogen (secondary N) is 1. The molecule has 1 N–H and O–H groups in total. The maximum Gasteiger partial charge on any atom is 0.243 e. The minimum Gasteiger partial charge on any atom is -0.497 e. The van der Waals surface area contributed by atoms with Gasteiger partial charge in [-0.25, -0.2) is 8.42 Å². The molecule has 0 spiro atoms. The van der Waals surface area contributed by atoms with E-state index in [1.165, 1.54) is 4.31 Å². The highest BCUT2D eigenvalue weighted by Gasteiger charge is 2.30. The van der Waals surface area contributed by atoms with E-state index in [1.807, 2.05) is 68.4 Å². The molecule has 43 heavy (non-hydrogen) atoms. The van der Waals surface area contributed by atoms with Gasteiger partial charge in [0.1, 0.15) is 17.5 Å². The summed E-state index contributed by atoms with van der Waals surface area (Å²) in [4.78, 5) is 29.1. The molecule has 3 aromatic carbocycles. The number of sulfonamides is 1. The maximum atomic E-state index is 14.0. The van der Waals surface area contributed by atoms with Crippen molar-refractivity contribution in [2.24, 2.45) is 0 Å². The van der Waals surface area contributed by atoms with Crippen LogP contribution in [0.3, 0.4) is 0 Å². The van der Waals surface area contributed by atoms with Crippen LogP contribution in [0.25, 0.3) is 0 Å². The molecule has 3 aromatic rings. The van der Waals surface area contributed by atoms with Crippen LogP contribution in [0.15, 0.2) is 78.9 Å². The lowest BCUT2D eigenvalue weighted by atomic mass is 10.0. The number of carbonyl (C=O) groups is 2. The summed E-state index contributed by atoms with van der Waals surface area (Å²) >= 11 is 0. The molecule has 0 heterocycles. The molecule has 2 amide bonds. The fourth-order valence-corrected chi connectivity index (χ4v) is 5.78. The zero-order valence-corrected chi connectivity index (χ0v) is 26.3. The average molecular weight is 610 g/mol. The smallest absolute Gasteiger partial charge is 0.243 e. The summed E-state index contributed by atoms with van der Waals surface area (Å²) in [7, 11) is -2.08. The fourth-order valence-electron chi connectivity index (χ4n) is 4.81. The third-order valence-corrected chi connectivity index (χ3v) is 8.07. The van der Waals surface area contributed by atoms with Crippen molar-refractivity contribution in [2.75, 3.05) is 37.4 Å². The summed E-state index contributed by atoms with van der Waals surface area (Å²) in [6.07, 6.45) is 2.52. The highest BCUT2D eigenvalue weighted by Crippen LogP contribution is 2.30. The van der Waals surface area contributed by atoms with Gasteiger partial charge < -0.3 is 19.7 Å². The molecular weight excluding hydrogens is 566 g/mol. The van der Waals surface area contributed by atoms with Crippen molar-refractivity contribution in [2.45, 2.75) is 52.1 Å². The van der Waals surface area contributed by atoms with Gasteiger partial charge in [-0.1, -0.05) is 61.5 Å². The second-order valence-corrected chi connectivity index (χ2v) is 12.1. The summed E-state index contributed by atoms with van der Waals surface area (Å²) in [5.74, 6) is 0.626. The first-order chi connectivity index (χ1) is 20.7. The molecule has 1 unspecified atom stereocenters. The molecule has 1 atom stereocenters. The quantitative estimate of drug-likeness (QED) is 0.236. The Balaban J connectivity index is 1.90. The van der Waals surface area contributed by atoms with E-state index >= 15 is 0 Å². The minimum absolute atomic E-state index is 0.0408. The first-order valence-corrected chi connectivity index (χ1v) is 16.5. The van der Waals surface area contributed by atoms with Gasteiger partial charge in [0.15, 0.2) is 0 Å². The fraction of sp³-hybridized carbons (Fsp3) is 0.394. The number of para-hydroxylation sites is 2. The van der Waals surface area contributed by atoms with Gasteiger partial charge in [0, 0.05) is 32.5 Å². The highest BCUT2D eigenvalue weighted by molar-refractivity contribution is 7.92. The van der Waals surface area contributed by atoms with Crippen LogP contribution < -0.4 is 19.1 Å². The number of anilines is 1. The number of ether oxygens (including phenoxy) is 2. The van der Waals surface area contributed by atoms with Crippen LogP contribution in [-0.4, -0.2) is 64.2 Å². The Labute approximate surface area is 255 Å². The monoisotopic (exact) mass is 609 g/mol. The van der Waals surface area contributed by atoms with Crippen molar-refractivity contribution < 1.29 is 27.5 Å². The van der Waals surface area contributed by atoms with Crippen molar-refractivity contribution in [3.05, 3.63) is 90.0 Å². The standard InChI is InChI=1S/C33H43N3O6S/c1-5-21-34-33(38)30(24-26-14-8-7-9-15-26)35(25-27-16-12-17-28(23-27)41-3)32(37)20-13-22-36(43(4,39)40)29-18-10-11-19-31(29)42-6-2/h7-12,14-19,23,30H,5-6,13,20-22,24-25H2,1-4H3,(H,34,38). The largest absolute Gasteiger partial charge is 0.497 e. The molecule has 0 saturated carbocycles. The molecular formula is C33H43N3O6S. The SMILES string of the molecule is CCCNC(=O)C(Cc1ccccc1)N(Cc1cccc(OC)c1)C(=O)CCCN(c1ccccc1OCC)S(C)(=O)=O. The van der Waals surface area contributed by atoms with Crippen LogP contribution in [0.2, 0.25) is 0 Å².